The van der Waals surface area contributed by atoms with Crippen molar-refractivity contribution < 1.29 is 13.5 Å². The van der Waals surface area contributed by atoms with E-state index >= 15 is 0 Å². The SMILES string of the molecule is CS(=O)(=O)CCC(O)C1(c2ccccc2)CCCC1. The molecule has 1 unspecified atom stereocenters. The topological polar surface area (TPSA) is 54.4 Å². The van der Waals surface area contributed by atoms with Gasteiger partial charge >= 0.3 is 0 Å². The molecule has 0 saturated heterocycles. The molecule has 0 aromatic heterocycles. The summed E-state index contributed by atoms with van der Waals surface area (Å²) in [6.45, 7) is 0. The first-order chi connectivity index (χ1) is 8.94. The third-order valence-electron chi connectivity index (χ3n) is 4.24. The molecule has 1 aliphatic carbocycles. The molecule has 0 amide bonds. The van der Waals surface area contributed by atoms with Gasteiger partial charge in [-0.05, 0) is 24.8 Å². The Morgan fingerprint density at radius 2 is 1.79 bits per heavy atom. The molecule has 19 heavy (non-hydrogen) atoms. The average molecular weight is 282 g/mol. The van der Waals surface area contributed by atoms with E-state index in [4.69, 9.17) is 0 Å². The molecular weight excluding hydrogens is 260 g/mol. The summed E-state index contributed by atoms with van der Waals surface area (Å²) in [5.74, 6) is 0.0583. The van der Waals surface area contributed by atoms with E-state index in [2.05, 4.69) is 12.1 Å². The van der Waals surface area contributed by atoms with Gasteiger partial charge in [-0.1, -0.05) is 43.2 Å². The van der Waals surface area contributed by atoms with Crippen LogP contribution in [0.15, 0.2) is 30.3 Å². The highest BCUT2D eigenvalue weighted by molar-refractivity contribution is 7.90. The van der Waals surface area contributed by atoms with Crippen LogP contribution in [0.3, 0.4) is 0 Å². The Hall–Kier alpha value is -0.870. The lowest BCUT2D eigenvalue weighted by Crippen LogP contribution is -2.38. The van der Waals surface area contributed by atoms with Crippen molar-refractivity contribution in [3.05, 3.63) is 35.9 Å². The van der Waals surface area contributed by atoms with E-state index in [1.54, 1.807) is 0 Å². The van der Waals surface area contributed by atoms with Crippen LogP contribution in [0.4, 0.5) is 0 Å². The highest BCUT2D eigenvalue weighted by atomic mass is 32.2. The Balaban J connectivity index is 2.20. The zero-order valence-electron chi connectivity index (χ0n) is 11.4. The summed E-state index contributed by atoms with van der Waals surface area (Å²) in [6, 6.07) is 10.0. The second-order valence-corrected chi connectivity index (χ2v) is 7.92. The van der Waals surface area contributed by atoms with E-state index in [1.807, 2.05) is 18.2 Å². The maximum absolute atomic E-state index is 11.3. The molecule has 0 bridgehead atoms. The zero-order chi connectivity index (χ0) is 13.9. The van der Waals surface area contributed by atoms with Crippen LogP contribution in [0.1, 0.15) is 37.7 Å². The molecule has 0 heterocycles. The number of hydrogen-bond donors (Lipinski definition) is 1. The largest absolute Gasteiger partial charge is 0.392 e. The van der Waals surface area contributed by atoms with E-state index in [-0.39, 0.29) is 11.2 Å². The fraction of sp³-hybridized carbons (Fsp3) is 0.600. The van der Waals surface area contributed by atoms with Crippen LogP contribution in [0, 0.1) is 0 Å². The first-order valence-corrected chi connectivity index (χ1v) is 8.91. The van der Waals surface area contributed by atoms with Gasteiger partial charge in [0, 0.05) is 11.7 Å². The summed E-state index contributed by atoms with van der Waals surface area (Å²) in [5, 5.41) is 10.6. The molecule has 0 radical (unpaired) electrons. The average Bonchev–Trinajstić information content (AvgIpc) is 2.87. The molecule has 1 aromatic carbocycles. The maximum Gasteiger partial charge on any atom is 0.147 e. The summed E-state index contributed by atoms with van der Waals surface area (Å²) in [4.78, 5) is 0. The van der Waals surface area contributed by atoms with Gasteiger partial charge in [0.15, 0.2) is 0 Å². The van der Waals surface area contributed by atoms with Crippen molar-refractivity contribution in [2.45, 2.75) is 43.6 Å². The molecule has 0 spiro atoms. The summed E-state index contributed by atoms with van der Waals surface area (Å²) in [6.07, 6.45) is 5.07. The van der Waals surface area contributed by atoms with Gasteiger partial charge in [0.05, 0.1) is 11.9 Å². The predicted octanol–water partition coefficient (Wildman–Crippen LogP) is 2.29. The lowest BCUT2D eigenvalue weighted by atomic mass is 9.73. The van der Waals surface area contributed by atoms with Gasteiger partial charge < -0.3 is 5.11 Å². The van der Waals surface area contributed by atoms with Crippen molar-refractivity contribution in [2.75, 3.05) is 12.0 Å². The van der Waals surface area contributed by atoms with Crippen LogP contribution in [-0.4, -0.2) is 31.6 Å². The Morgan fingerprint density at radius 1 is 1.21 bits per heavy atom. The van der Waals surface area contributed by atoms with Gasteiger partial charge in [0.25, 0.3) is 0 Å². The minimum absolute atomic E-state index is 0.0583. The fourth-order valence-electron chi connectivity index (χ4n) is 3.19. The van der Waals surface area contributed by atoms with E-state index in [0.29, 0.717) is 6.42 Å². The van der Waals surface area contributed by atoms with Crippen LogP contribution in [0.5, 0.6) is 0 Å². The molecule has 0 aliphatic heterocycles. The first kappa shape index (κ1) is 14.5. The Labute approximate surface area is 115 Å². The predicted molar refractivity (Wildman–Crippen MR) is 76.9 cm³/mol. The molecule has 1 atom stereocenters. The fourth-order valence-corrected chi connectivity index (χ4v) is 3.84. The normalized spacial score (nSPS) is 20.3. The molecule has 1 fully saturated rings. The Bertz CT molecular complexity index is 501. The van der Waals surface area contributed by atoms with Crippen molar-refractivity contribution in [1.82, 2.24) is 0 Å². The standard InChI is InChI=1S/C15H22O3S/c1-19(17,18)12-9-14(16)15(10-5-6-11-15)13-7-3-2-4-8-13/h2-4,7-8,14,16H,5-6,9-12H2,1H3. The third kappa shape index (κ3) is 3.37. The highest BCUT2D eigenvalue weighted by Gasteiger charge is 2.41. The second kappa shape index (κ2) is 5.63. The van der Waals surface area contributed by atoms with Crippen molar-refractivity contribution in [2.24, 2.45) is 0 Å². The van der Waals surface area contributed by atoms with Crippen LogP contribution in [0.25, 0.3) is 0 Å². The Kier molecular flexibility index (Phi) is 4.31. The summed E-state index contributed by atoms with van der Waals surface area (Å²) in [7, 11) is -3.02. The minimum Gasteiger partial charge on any atom is -0.392 e. The maximum atomic E-state index is 11.3. The van der Waals surface area contributed by atoms with Gasteiger partial charge in [-0.3, -0.25) is 0 Å². The second-order valence-electron chi connectivity index (χ2n) is 5.66. The lowest BCUT2D eigenvalue weighted by molar-refractivity contribution is 0.0795. The van der Waals surface area contributed by atoms with Crippen molar-refractivity contribution in [3.63, 3.8) is 0 Å². The molecule has 3 nitrogen and oxygen atoms in total. The monoisotopic (exact) mass is 282 g/mol. The molecule has 4 heteroatoms. The van der Waals surface area contributed by atoms with E-state index < -0.39 is 15.9 Å². The van der Waals surface area contributed by atoms with E-state index in [9.17, 15) is 13.5 Å². The third-order valence-corrected chi connectivity index (χ3v) is 5.22. The van der Waals surface area contributed by atoms with Crippen molar-refractivity contribution in [1.29, 1.82) is 0 Å². The van der Waals surface area contributed by atoms with Gasteiger partial charge in [-0.2, -0.15) is 0 Å². The van der Waals surface area contributed by atoms with Gasteiger partial charge in [-0.15, -0.1) is 0 Å². The molecule has 1 aliphatic rings. The van der Waals surface area contributed by atoms with Crippen molar-refractivity contribution in [3.8, 4) is 0 Å². The number of aliphatic hydroxyl groups excluding tert-OH is 1. The number of sulfone groups is 1. The zero-order valence-corrected chi connectivity index (χ0v) is 12.2. The van der Waals surface area contributed by atoms with E-state index in [0.717, 1.165) is 31.2 Å². The van der Waals surface area contributed by atoms with Crippen LogP contribution >= 0.6 is 0 Å². The number of benzene rings is 1. The quantitative estimate of drug-likeness (QED) is 0.901. The molecule has 1 saturated carbocycles. The highest BCUT2D eigenvalue weighted by Crippen LogP contribution is 2.44. The Morgan fingerprint density at radius 3 is 2.32 bits per heavy atom. The lowest BCUT2D eigenvalue weighted by Gasteiger charge is -2.35. The summed E-state index contributed by atoms with van der Waals surface area (Å²) >= 11 is 0. The molecule has 106 valence electrons. The smallest absolute Gasteiger partial charge is 0.147 e. The van der Waals surface area contributed by atoms with Crippen molar-refractivity contribution >= 4 is 9.84 Å². The number of rotatable bonds is 5. The van der Waals surface area contributed by atoms with Crippen LogP contribution in [-0.2, 0) is 15.3 Å². The summed E-state index contributed by atoms with van der Waals surface area (Å²) < 4.78 is 22.6. The molecule has 1 N–H and O–H groups in total. The van der Waals surface area contributed by atoms with Crippen LogP contribution < -0.4 is 0 Å². The van der Waals surface area contributed by atoms with E-state index in [1.165, 1.54) is 6.26 Å². The molecular formula is C15H22O3S. The molecule has 1 aromatic rings. The first-order valence-electron chi connectivity index (χ1n) is 6.85. The number of hydrogen-bond acceptors (Lipinski definition) is 3. The van der Waals surface area contributed by atoms with Gasteiger partial charge in [0.1, 0.15) is 9.84 Å². The molecule has 2 rings (SSSR count). The van der Waals surface area contributed by atoms with Gasteiger partial charge in [0.2, 0.25) is 0 Å². The minimum atomic E-state index is -3.02. The van der Waals surface area contributed by atoms with Gasteiger partial charge in [-0.25, -0.2) is 8.42 Å². The van der Waals surface area contributed by atoms with Crippen LogP contribution in [0.2, 0.25) is 0 Å². The number of aliphatic hydroxyl groups is 1. The summed E-state index contributed by atoms with van der Waals surface area (Å²) in [5.41, 5.74) is 0.903.